The van der Waals surface area contributed by atoms with Crippen molar-refractivity contribution in [2.24, 2.45) is 0 Å². The summed E-state index contributed by atoms with van der Waals surface area (Å²) >= 11 is 0. The van der Waals surface area contributed by atoms with Crippen LogP contribution in [0.3, 0.4) is 0 Å². The second kappa shape index (κ2) is 13.2. The highest BCUT2D eigenvalue weighted by atomic mass is 16.5. The molecule has 0 saturated heterocycles. The minimum Gasteiger partial charge on any atom is -0.508 e. The van der Waals surface area contributed by atoms with E-state index in [-0.39, 0.29) is 17.4 Å². The molecular formula is C36H35NO5. The highest BCUT2D eigenvalue weighted by Gasteiger charge is 2.19. The number of phenols is 2. The van der Waals surface area contributed by atoms with Gasteiger partial charge in [-0.15, -0.1) is 0 Å². The molecule has 5 rings (SSSR count). The van der Waals surface area contributed by atoms with Crippen LogP contribution in [-0.4, -0.2) is 28.6 Å². The van der Waals surface area contributed by atoms with E-state index >= 15 is 0 Å². The van der Waals surface area contributed by atoms with Crippen molar-refractivity contribution >= 4 is 39.1 Å². The van der Waals surface area contributed by atoms with E-state index in [4.69, 9.17) is 4.74 Å². The van der Waals surface area contributed by atoms with Gasteiger partial charge in [0.2, 0.25) is 0 Å². The van der Waals surface area contributed by atoms with E-state index in [2.05, 4.69) is 6.92 Å². The predicted molar refractivity (Wildman–Crippen MR) is 168 cm³/mol. The zero-order valence-corrected chi connectivity index (χ0v) is 23.8. The van der Waals surface area contributed by atoms with Crippen LogP contribution in [0.5, 0.6) is 17.2 Å². The van der Waals surface area contributed by atoms with E-state index < -0.39 is 5.97 Å². The molecule has 0 aliphatic heterocycles. The van der Waals surface area contributed by atoms with Crippen LogP contribution in [0.15, 0.2) is 97.1 Å². The van der Waals surface area contributed by atoms with Crippen molar-refractivity contribution in [1.82, 2.24) is 0 Å². The number of fused-ring (bicyclic) bond motifs is 2. The summed E-state index contributed by atoms with van der Waals surface area (Å²) in [4.78, 5) is 28.4. The number of hydrogen-bond acceptors (Lipinski definition) is 5. The van der Waals surface area contributed by atoms with Gasteiger partial charge in [-0.25, -0.2) is 4.79 Å². The lowest BCUT2D eigenvalue weighted by atomic mass is 10.0. The minimum absolute atomic E-state index is 0.106. The molecule has 0 aliphatic carbocycles. The SMILES string of the molecule is CCCCCCCCN(C(=O)c1ccc2cc(O)ccc2c1)c1ccc(OC(=O)c2ccc3cc(O)ccc3c2)cc1. The van der Waals surface area contributed by atoms with E-state index in [1.807, 2.05) is 18.2 Å². The van der Waals surface area contributed by atoms with Gasteiger partial charge in [0.1, 0.15) is 17.2 Å². The standard InChI is InChI=1S/C36H35NO5/c1-2-3-4-5-6-7-20-37(35(40)29-10-8-27-23-32(38)16-12-25(27)21-29)31-14-18-34(19-15-31)42-36(41)30-11-9-28-24-33(39)17-13-26(28)22-30/h8-19,21-24,38-39H,2-7,20H2,1H3. The van der Waals surface area contributed by atoms with Crippen molar-refractivity contribution < 1.29 is 24.5 Å². The molecule has 0 heterocycles. The third kappa shape index (κ3) is 6.89. The number of nitrogens with zero attached hydrogens (tertiary/aromatic N) is 1. The summed E-state index contributed by atoms with van der Waals surface area (Å²) in [5, 5.41) is 22.9. The highest BCUT2D eigenvalue weighted by Crippen LogP contribution is 2.27. The zero-order valence-electron chi connectivity index (χ0n) is 23.8. The number of aromatic hydroxyl groups is 2. The first kappa shape index (κ1) is 28.7. The van der Waals surface area contributed by atoms with E-state index in [9.17, 15) is 19.8 Å². The lowest BCUT2D eigenvalue weighted by Gasteiger charge is -2.23. The molecule has 6 heteroatoms. The van der Waals surface area contributed by atoms with Gasteiger partial charge in [-0.3, -0.25) is 4.79 Å². The third-order valence-electron chi connectivity index (χ3n) is 7.47. The van der Waals surface area contributed by atoms with Crippen LogP contribution < -0.4 is 9.64 Å². The first-order valence-corrected chi connectivity index (χ1v) is 14.5. The Balaban J connectivity index is 1.33. The van der Waals surface area contributed by atoms with Gasteiger partial charge in [-0.05, 0) is 101 Å². The average Bonchev–Trinajstić information content (AvgIpc) is 3.00. The Morgan fingerprint density at radius 2 is 1.14 bits per heavy atom. The van der Waals surface area contributed by atoms with Gasteiger partial charge in [0.15, 0.2) is 0 Å². The molecule has 0 radical (unpaired) electrons. The molecule has 0 fully saturated rings. The van der Waals surface area contributed by atoms with Crippen molar-refractivity contribution in [3.63, 3.8) is 0 Å². The molecule has 0 aliphatic rings. The third-order valence-corrected chi connectivity index (χ3v) is 7.47. The minimum atomic E-state index is -0.486. The molecule has 0 atom stereocenters. The Hall–Kier alpha value is -4.84. The molecule has 42 heavy (non-hydrogen) atoms. The number of carbonyl (C=O) groups excluding carboxylic acids is 2. The number of rotatable bonds is 11. The molecule has 2 N–H and O–H groups in total. The fourth-order valence-corrected chi connectivity index (χ4v) is 5.14. The largest absolute Gasteiger partial charge is 0.508 e. The fourth-order valence-electron chi connectivity index (χ4n) is 5.14. The number of unbranched alkanes of at least 4 members (excludes halogenated alkanes) is 5. The molecule has 0 spiro atoms. The van der Waals surface area contributed by atoms with Crippen LogP contribution in [0.2, 0.25) is 0 Å². The molecule has 0 bridgehead atoms. The highest BCUT2D eigenvalue weighted by molar-refractivity contribution is 6.08. The predicted octanol–water partition coefficient (Wildman–Crippen LogP) is 8.63. The van der Waals surface area contributed by atoms with Crippen molar-refractivity contribution in [3.8, 4) is 17.2 Å². The Kier molecular flexibility index (Phi) is 9.02. The monoisotopic (exact) mass is 561 g/mol. The lowest BCUT2D eigenvalue weighted by Crippen LogP contribution is -2.32. The summed E-state index contributed by atoms with van der Waals surface area (Å²) < 4.78 is 5.63. The summed E-state index contributed by atoms with van der Waals surface area (Å²) in [5.74, 6) is 0.147. The van der Waals surface area contributed by atoms with E-state index in [1.165, 1.54) is 19.3 Å². The molecule has 0 saturated carbocycles. The van der Waals surface area contributed by atoms with Gasteiger partial charge in [-0.2, -0.15) is 0 Å². The Morgan fingerprint density at radius 1 is 0.619 bits per heavy atom. The number of anilines is 1. The molecule has 214 valence electrons. The van der Waals surface area contributed by atoms with Gasteiger partial charge in [0.05, 0.1) is 5.56 Å². The lowest BCUT2D eigenvalue weighted by molar-refractivity contribution is 0.0734. The van der Waals surface area contributed by atoms with Crippen LogP contribution >= 0.6 is 0 Å². The van der Waals surface area contributed by atoms with Crippen molar-refractivity contribution in [2.75, 3.05) is 11.4 Å². The van der Waals surface area contributed by atoms with E-state index in [1.54, 1.807) is 83.8 Å². The van der Waals surface area contributed by atoms with Crippen LogP contribution in [0, 0.1) is 0 Å². The molecule has 5 aromatic rings. The number of hydrogen-bond donors (Lipinski definition) is 2. The molecule has 0 unspecified atom stereocenters. The number of ether oxygens (including phenoxy) is 1. The van der Waals surface area contributed by atoms with Crippen LogP contribution in [0.4, 0.5) is 5.69 Å². The Morgan fingerprint density at radius 3 is 1.79 bits per heavy atom. The Labute approximate surface area is 245 Å². The first-order valence-electron chi connectivity index (χ1n) is 14.5. The second-order valence-corrected chi connectivity index (χ2v) is 10.6. The van der Waals surface area contributed by atoms with Crippen LogP contribution in [-0.2, 0) is 0 Å². The van der Waals surface area contributed by atoms with Gasteiger partial charge in [0, 0.05) is 17.8 Å². The van der Waals surface area contributed by atoms with E-state index in [0.717, 1.165) is 46.5 Å². The second-order valence-electron chi connectivity index (χ2n) is 10.6. The van der Waals surface area contributed by atoms with Crippen LogP contribution in [0.25, 0.3) is 21.5 Å². The first-order chi connectivity index (χ1) is 20.4. The van der Waals surface area contributed by atoms with Gasteiger partial charge in [-0.1, -0.05) is 63.3 Å². The van der Waals surface area contributed by atoms with Gasteiger partial charge < -0.3 is 19.8 Å². The number of benzene rings is 5. The maximum absolute atomic E-state index is 13.8. The zero-order chi connectivity index (χ0) is 29.5. The molecular weight excluding hydrogens is 526 g/mol. The summed E-state index contributed by atoms with van der Waals surface area (Å²) in [6, 6.07) is 27.8. The topological polar surface area (TPSA) is 87.1 Å². The molecule has 0 aromatic heterocycles. The molecule has 1 amide bonds. The summed E-state index contributed by atoms with van der Waals surface area (Å²) in [5.41, 5.74) is 1.70. The van der Waals surface area contributed by atoms with Gasteiger partial charge >= 0.3 is 5.97 Å². The van der Waals surface area contributed by atoms with Gasteiger partial charge in [0.25, 0.3) is 5.91 Å². The summed E-state index contributed by atoms with van der Waals surface area (Å²) in [6.45, 7) is 2.77. The summed E-state index contributed by atoms with van der Waals surface area (Å²) in [7, 11) is 0. The maximum atomic E-state index is 13.8. The quantitative estimate of drug-likeness (QED) is 0.0957. The average molecular weight is 562 g/mol. The van der Waals surface area contributed by atoms with Crippen LogP contribution in [0.1, 0.15) is 66.2 Å². The maximum Gasteiger partial charge on any atom is 0.343 e. The smallest absolute Gasteiger partial charge is 0.343 e. The molecule has 6 nitrogen and oxygen atoms in total. The number of amides is 1. The summed E-state index contributed by atoms with van der Waals surface area (Å²) in [6.07, 6.45) is 6.67. The number of carbonyl (C=O) groups is 2. The fraction of sp³-hybridized carbons (Fsp3) is 0.222. The van der Waals surface area contributed by atoms with Crippen molar-refractivity contribution in [1.29, 1.82) is 0 Å². The molecule has 5 aromatic carbocycles. The Bertz CT molecular complexity index is 1710. The normalized spacial score (nSPS) is 11.1. The van der Waals surface area contributed by atoms with Crippen molar-refractivity contribution in [2.45, 2.75) is 45.4 Å². The van der Waals surface area contributed by atoms with E-state index in [0.29, 0.717) is 23.4 Å². The number of phenolic OH excluding ortho intramolecular Hbond substituents is 2. The van der Waals surface area contributed by atoms with Crippen molar-refractivity contribution in [3.05, 3.63) is 108 Å². The number of esters is 1.